The minimum absolute atomic E-state index is 0.0205. The number of aliphatic hydroxyl groups is 1. The van der Waals surface area contributed by atoms with E-state index in [1.54, 1.807) is 48.5 Å². The Hall–Kier alpha value is -3.54. The summed E-state index contributed by atoms with van der Waals surface area (Å²) in [5, 5.41) is 20.2. The molecule has 0 aliphatic carbocycles. The number of ether oxygens (including phenoxy) is 1. The number of Topliss-reactive ketones (excluding diaryl/α,β-unsaturated/α-hetero) is 1. The molecule has 0 spiro atoms. The van der Waals surface area contributed by atoms with Crippen molar-refractivity contribution in [3.8, 4) is 5.75 Å². The highest BCUT2D eigenvalue weighted by molar-refractivity contribution is 9.10. The van der Waals surface area contributed by atoms with Crippen molar-refractivity contribution in [1.29, 1.82) is 0 Å². The van der Waals surface area contributed by atoms with E-state index >= 15 is 0 Å². The van der Waals surface area contributed by atoms with Crippen LogP contribution in [0.1, 0.15) is 35.2 Å². The van der Waals surface area contributed by atoms with Crippen molar-refractivity contribution in [3.05, 3.63) is 105 Å². The van der Waals surface area contributed by atoms with Crippen molar-refractivity contribution < 1.29 is 23.8 Å². The molecule has 2 unspecified atom stereocenters. The van der Waals surface area contributed by atoms with Gasteiger partial charge in [-0.2, -0.15) is 0 Å². The third-order valence-electron chi connectivity index (χ3n) is 6.66. The van der Waals surface area contributed by atoms with Gasteiger partial charge in [0.25, 0.3) is 5.78 Å². The molecule has 7 nitrogen and oxygen atoms in total. The Labute approximate surface area is 245 Å². The number of carbonyl (C=O) groups excluding carboxylic acids is 2. The van der Waals surface area contributed by atoms with Gasteiger partial charge in [-0.15, -0.1) is 10.2 Å². The molecular weight excluding hydrogens is 617 g/mol. The summed E-state index contributed by atoms with van der Waals surface area (Å²) < 4.78 is 20.4. The topological polar surface area (TPSA) is 92.6 Å². The van der Waals surface area contributed by atoms with Gasteiger partial charge in [0.15, 0.2) is 4.34 Å². The summed E-state index contributed by atoms with van der Waals surface area (Å²) in [6.45, 7) is 1.96. The minimum atomic E-state index is -0.913. The van der Waals surface area contributed by atoms with E-state index in [0.29, 0.717) is 27.6 Å². The second kappa shape index (κ2) is 10.8. The molecule has 1 saturated heterocycles. The largest absolute Gasteiger partial charge is 0.507 e. The molecule has 2 atom stereocenters. The second-order valence-electron chi connectivity index (χ2n) is 9.44. The smallest absolute Gasteiger partial charge is 0.301 e. The highest BCUT2D eigenvalue weighted by Gasteiger charge is 2.48. The van der Waals surface area contributed by atoms with Gasteiger partial charge in [0.2, 0.25) is 5.13 Å². The number of hydrogen-bond acceptors (Lipinski definition) is 8. The molecule has 3 heterocycles. The van der Waals surface area contributed by atoms with Crippen LogP contribution >= 0.6 is 39.0 Å². The maximum Gasteiger partial charge on any atom is 0.301 e. The van der Waals surface area contributed by atoms with Gasteiger partial charge in [-0.25, -0.2) is 4.39 Å². The van der Waals surface area contributed by atoms with Crippen LogP contribution in [-0.2, 0) is 21.8 Å². The Balaban J connectivity index is 1.38. The van der Waals surface area contributed by atoms with E-state index in [4.69, 9.17) is 4.74 Å². The van der Waals surface area contributed by atoms with E-state index in [2.05, 4.69) is 26.1 Å². The number of thioether (sulfide) groups is 1. The average Bonchev–Trinajstić information content (AvgIpc) is 3.63. The van der Waals surface area contributed by atoms with Gasteiger partial charge in [-0.3, -0.25) is 14.5 Å². The Morgan fingerprint density at radius 2 is 1.95 bits per heavy atom. The summed E-state index contributed by atoms with van der Waals surface area (Å²) in [7, 11) is 0. The number of amides is 1. The van der Waals surface area contributed by atoms with E-state index in [0.717, 1.165) is 21.3 Å². The SMILES string of the molecule is CC1Cc2cc(/C(O)=C3\C(=O)C(=O)N(c4nnc(SCc5ccc(F)cc5)s4)C3c3cccc(Br)c3)ccc2O1. The third-order valence-corrected chi connectivity index (χ3v) is 9.28. The number of ketones is 1. The highest BCUT2D eigenvalue weighted by Crippen LogP contribution is 2.45. The van der Waals surface area contributed by atoms with Crippen molar-refractivity contribution in [3.63, 3.8) is 0 Å². The molecule has 11 heteroatoms. The molecule has 3 aromatic carbocycles. The van der Waals surface area contributed by atoms with Crippen LogP contribution in [0.4, 0.5) is 9.52 Å². The van der Waals surface area contributed by atoms with Crippen LogP contribution in [0, 0.1) is 5.82 Å². The van der Waals surface area contributed by atoms with Gasteiger partial charge >= 0.3 is 5.91 Å². The Morgan fingerprint density at radius 1 is 1.15 bits per heavy atom. The van der Waals surface area contributed by atoms with E-state index in [-0.39, 0.29) is 28.4 Å². The number of carbonyl (C=O) groups is 2. The lowest BCUT2D eigenvalue weighted by atomic mass is 9.94. The predicted octanol–water partition coefficient (Wildman–Crippen LogP) is 6.68. The van der Waals surface area contributed by atoms with Crippen molar-refractivity contribution in [1.82, 2.24) is 10.2 Å². The number of halogens is 2. The van der Waals surface area contributed by atoms with Crippen molar-refractivity contribution >= 4 is 61.6 Å². The number of anilines is 1. The number of nitrogens with zero attached hydrogens (tertiary/aromatic N) is 3. The Morgan fingerprint density at radius 3 is 2.73 bits per heavy atom. The lowest BCUT2D eigenvalue weighted by Crippen LogP contribution is -2.29. The Kier molecular flexibility index (Phi) is 7.20. The molecule has 1 amide bonds. The van der Waals surface area contributed by atoms with E-state index in [9.17, 15) is 19.1 Å². The fourth-order valence-corrected chi connectivity index (χ4v) is 7.07. The zero-order valence-electron chi connectivity index (χ0n) is 21.0. The molecule has 1 fully saturated rings. The highest BCUT2D eigenvalue weighted by atomic mass is 79.9. The van der Waals surface area contributed by atoms with Crippen LogP contribution in [0.15, 0.2) is 81.1 Å². The zero-order valence-corrected chi connectivity index (χ0v) is 24.2. The number of fused-ring (bicyclic) bond motifs is 1. The molecule has 202 valence electrons. The maximum atomic E-state index is 13.5. The molecule has 0 radical (unpaired) electrons. The average molecular weight is 639 g/mol. The molecule has 40 heavy (non-hydrogen) atoms. The first-order valence-electron chi connectivity index (χ1n) is 12.4. The number of aromatic nitrogens is 2. The lowest BCUT2D eigenvalue weighted by molar-refractivity contribution is -0.132. The molecule has 6 rings (SSSR count). The van der Waals surface area contributed by atoms with Gasteiger partial charge < -0.3 is 9.84 Å². The van der Waals surface area contributed by atoms with Crippen LogP contribution in [0.3, 0.4) is 0 Å². The first kappa shape index (κ1) is 26.7. The van der Waals surface area contributed by atoms with Crippen LogP contribution < -0.4 is 9.64 Å². The summed E-state index contributed by atoms with van der Waals surface area (Å²) >= 11 is 6.04. The molecule has 4 aromatic rings. The summed E-state index contributed by atoms with van der Waals surface area (Å²) in [6, 6.07) is 17.8. The minimum Gasteiger partial charge on any atom is -0.507 e. The maximum absolute atomic E-state index is 13.5. The Bertz CT molecular complexity index is 1670. The lowest BCUT2D eigenvalue weighted by Gasteiger charge is -2.22. The van der Waals surface area contributed by atoms with E-state index < -0.39 is 17.7 Å². The van der Waals surface area contributed by atoms with Gasteiger partial charge in [-0.1, -0.05) is 63.3 Å². The standard InChI is InChI=1S/C29H21BrFN3O4S2/c1-15-11-19-12-18(7-10-22(19)38-15)25(35)23-24(17-3-2-4-20(30)13-17)34(27(37)26(23)36)28-32-33-29(40-28)39-14-16-5-8-21(31)9-6-16/h2-10,12-13,15,24,35H,11,14H2,1H3/b25-23+. The molecule has 2 aliphatic heterocycles. The molecular formula is C29H21BrFN3O4S2. The number of rotatable bonds is 6. The summed E-state index contributed by atoms with van der Waals surface area (Å²) in [5.41, 5.74) is 2.88. The number of hydrogen-bond donors (Lipinski definition) is 1. The van der Waals surface area contributed by atoms with Crippen LogP contribution in [0.2, 0.25) is 0 Å². The number of aliphatic hydroxyl groups excluding tert-OH is 1. The van der Waals surface area contributed by atoms with E-state index in [1.165, 1.54) is 40.1 Å². The zero-order chi connectivity index (χ0) is 28.0. The van der Waals surface area contributed by atoms with Crippen LogP contribution in [0.5, 0.6) is 5.75 Å². The fourth-order valence-electron chi connectivity index (χ4n) is 4.83. The quantitative estimate of drug-likeness (QED) is 0.0828. The van der Waals surface area contributed by atoms with Crippen molar-refractivity contribution in [2.75, 3.05) is 4.90 Å². The third kappa shape index (κ3) is 5.04. The van der Waals surface area contributed by atoms with E-state index in [1.807, 2.05) is 13.0 Å². The predicted molar refractivity (Wildman–Crippen MR) is 155 cm³/mol. The van der Waals surface area contributed by atoms with Crippen molar-refractivity contribution in [2.45, 2.75) is 35.6 Å². The van der Waals surface area contributed by atoms with Gasteiger partial charge in [-0.05, 0) is 66.1 Å². The summed E-state index contributed by atoms with van der Waals surface area (Å²) in [6.07, 6.45) is 0.704. The van der Waals surface area contributed by atoms with Crippen molar-refractivity contribution in [2.24, 2.45) is 0 Å². The van der Waals surface area contributed by atoms with Crippen LogP contribution in [-0.4, -0.2) is 33.1 Å². The summed E-state index contributed by atoms with van der Waals surface area (Å²) in [4.78, 5) is 28.2. The summed E-state index contributed by atoms with van der Waals surface area (Å²) in [5.74, 6) is -0.892. The monoisotopic (exact) mass is 637 g/mol. The first-order chi connectivity index (χ1) is 19.3. The van der Waals surface area contributed by atoms with Gasteiger partial charge in [0.05, 0.1) is 11.6 Å². The van der Waals surface area contributed by atoms with Crippen LogP contribution in [0.25, 0.3) is 5.76 Å². The molecule has 1 aromatic heterocycles. The molecule has 2 aliphatic rings. The van der Waals surface area contributed by atoms with Gasteiger partial charge in [0, 0.05) is 22.2 Å². The second-order valence-corrected chi connectivity index (χ2v) is 12.5. The molecule has 0 saturated carbocycles. The number of benzene rings is 3. The molecule has 0 bridgehead atoms. The fraction of sp³-hybridized carbons (Fsp3) is 0.172. The van der Waals surface area contributed by atoms with Gasteiger partial charge in [0.1, 0.15) is 23.4 Å². The first-order valence-corrected chi connectivity index (χ1v) is 14.9. The normalized spacial score (nSPS) is 19.6. The molecule has 1 N–H and O–H groups in total.